The van der Waals surface area contributed by atoms with E-state index in [1.54, 1.807) is 0 Å². The normalized spacial score (nSPS) is 25.1. The number of aliphatic hydroxyl groups excluding tert-OH is 1. The van der Waals surface area contributed by atoms with E-state index in [0.717, 1.165) is 31.6 Å². The second-order valence-corrected chi connectivity index (χ2v) is 7.08. The molecule has 1 aliphatic rings. The molecule has 4 heteroatoms. The van der Waals surface area contributed by atoms with E-state index in [0.29, 0.717) is 12.5 Å². The number of aliphatic hydroxyl groups is 1. The smallest absolute Gasteiger partial charge is 0.407 e. The van der Waals surface area contributed by atoms with Crippen LogP contribution in [0.4, 0.5) is 4.79 Å². The average molecular weight is 285 g/mol. The average Bonchev–Trinajstić information content (AvgIpc) is 2.34. The Balaban J connectivity index is 2.28. The Morgan fingerprint density at radius 1 is 1.30 bits per heavy atom. The van der Waals surface area contributed by atoms with E-state index in [1.165, 1.54) is 12.8 Å². The maximum atomic E-state index is 11.8. The van der Waals surface area contributed by atoms with Gasteiger partial charge >= 0.3 is 6.09 Å². The molecule has 1 fully saturated rings. The third kappa shape index (κ3) is 6.60. The number of carbonyl (C=O) groups excluding carboxylic acids is 1. The minimum Gasteiger partial charge on any atom is -0.444 e. The molecule has 0 bridgehead atoms. The molecular formula is C16H31NO3. The molecule has 0 radical (unpaired) electrons. The van der Waals surface area contributed by atoms with Crippen molar-refractivity contribution >= 4 is 6.09 Å². The highest BCUT2D eigenvalue weighted by Gasteiger charge is 2.27. The van der Waals surface area contributed by atoms with E-state index in [4.69, 9.17) is 9.84 Å². The summed E-state index contributed by atoms with van der Waals surface area (Å²) in [5.74, 6) is 1.31. The van der Waals surface area contributed by atoms with Crippen LogP contribution in [0.25, 0.3) is 0 Å². The van der Waals surface area contributed by atoms with Crippen LogP contribution >= 0.6 is 0 Å². The molecule has 0 aromatic heterocycles. The van der Waals surface area contributed by atoms with Gasteiger partial charge in [-0.2, -0.15) is 0 Å². The zero-order valence-corrected chi connectivity index (χ0v) is 13.4. The molecule has 4 nitrogen and oxygen atoms in total. The summed E-state index contributed by atoms with van der Waals surface area (Å²) in [4.78, 5) is 11.8. The molecule has 0 heterocycles. The number of nitrogens with one attached hydrogen (secondary N) is 1. The third-order valence-corrected chi connectivity index (χ3v) is 4.11. The first-order valence-electron chi connectivity index (χ1n) is 7.92. The van der Waals surface area contributed by atoms with Crippen molar-refractivity contribution in [2.75, 3.05) is 6.61 Å². The summed E-state index contributed by atoms with van der Waals surface area (Å²) in [6.45, 7) is 8.01. The molecule has 0 aromatic carbocycles. The third-order valence-electron chi connectivity index (χ3n) is 4.11. The minimum atomic E-state index is -0.439. The lowest BCUT2D eigenvalue weighted by Gasteiger charge is -2.33. The van der Waals surface area contributed by atoms with Crippen molar-refractivity contribution in [3.63, 3.8) is 0 Å². The SMILES string of the molecule is CC(NC(=O)OC(C)(C)C)C1CCC(CCCO)CC1. The van der Waals surface area contributed by atoms with E-state index in [9.17, 15) is 4.79 Å². The van der Waals surface area contributed by atoms with E-state index < -0.39 is 5.60 Å². The summed E-state index contributed by atoms with van der Waals surface area (Å²) < 4.78 is 5.30. The van der Waals surface area contributed by atoms with Crippen LogP contribution in [0.5, 0.6) is 0 Å². The molecule has 1 saturated carbocycles. The highest BCUT2D eigenvalue weighted by atomic mass is 16.6. The van der Waals surface area contributed by atoms with Gasteiger partial charge in [-0.05, 0) is 65.2 Å². The number of hydrogen-bond acceptors (Lipinski definition) is 3. The van der Waals surface area contributed by atoms with Crippen molar-refractivity contribution in [1.29, 1.82) is 0 Å². The monoisotopic (exact) mass is 285 g/mol. The van der Waals surface area contributed by atoms with Gasteiger partial charge in [0.25, 0.3) is 0 Å². The van der Waals surface area contributed by atoms with Gasteiger partial charge in [-0.25, -0.2) is 4.79 Å². The fraction of sp³-hybridized carbons (Fsp3) is 0.938. The lowest BCUT2D eigenvalue weighted by molar-refractivity contribution is 0.0479. The van der Waals surface area contributed by atoms with Gasteiger partial charge in [0.15, 0.2) is 0 Å². The summed E-state index contributed by atoms with van der Waals surface area (Å²) >= 11 is 0. The molecular weight excluding hydrogens is 254 g/mol. The molecule has 0 saturated heterocycles. The first-order chi connectivity index (χ1) is 9.31. The Hall–Kier alpha value is -0.770. The fourth-order valence-electron chi connectivity index (χ4n) is 2.97. The standard InChI is InChI=1S/C16H31NO3/c1-12(17-15(19)20-16(2,3)4)14-9-7-13(8-10-14)6-5-11-18/h12-14,18H,5-11H2,1-4H3,(H,17,19). The number of rotatable bonds is 5. The van der Waals surface area contributed by atoms with Gasteiger partial charge in [-0.3, -0.25) is 0 Å². The Labute approximate surface area is 123 Å². The topological polar surface area (TPSA) is 58.6 Å². The van der Waals surface area contributed by atoms with Gasteiger partial charge in [0, 0.05) is 12.6 Å². The second kappa shape index (κ2) is 7.87. The summed E-state index contributed by atoms with van der Waals surface area (Å²) in [7, 11) is 0. The quantitative estimate of drug-likeness (QED) is 0.813. The van der Waals surface area contributed by atoms with Crippen molar-refractivity contribution in [1.82, 2.24) is 5.32 Å². The van der Waals surface area contributed by atoms with E-state index >= 15 is 0 Å². The molecule has 1 atom stereocenters. The zero-order valence-electron chi connectivity index (χ0n) is 13.4. The van der Waals surface area contributed by atoms with Crippen molar-refractivity contribution in [3.05, 3.63) is 0 Å². The van der Waals surface area contributed by atoms with Crippen LogP contribution in [0.2, 0.25) is 0 Å². The van der Waals surface area contributed by atoms with Crippen LogP contribution in [0.15, 0.2) is 0 Å². The van der Waals surface area contributed by atoms with Crippen LogP contribution in [0.1, 0.15) is 66.2 Å². The molecule has 20 heavy (non-hydrogen) atoms. The Bertz CT molecular complexity index is 291. The number of ether oxygens (including phenoxy) is 1. The van der Waals surface area contributed by atoms with E-state index in [-0.39, 0.29) is 12.1 Å². The summed E-state index contributed by atoms with van der Waals surface area (Å²) in [6.07, 6.45) is 6.49. The molecule has 118 valence electrons. The van der Waals surface area contributed by atoms with Crippen LogP contribution in [0.3, 0.4) is 0 Å². The lowest BCUT2D eigenvalue weighted by Crippen LogP contribution is -2.42. The highest BCUT2D eigenvalue weighted by molar-refractivity contribution is 5.68. The number of carbonyl (C=O) groups is 1. The fourth-order valence-corrected chi connectivity index (χ4v) is 2.97. The largest absolute Gasteiger partial charge is 0.444 e. The molecule has 1 unspecified atom stereocenters. The van der Waals surface area contributed by atoms with Gasteiger partial charge in [-0.15, -0.1) is 0 Å². The molecule has 0 spiro atoms. The Morgan fingerprint density at radius 3 is 2.40 bits per heavy atom. The second-order valence-electron chi connectivity index (χ2n) is 7.08. The number of amides is 1. The van der Waals surface area contributed by atoms with Crippen molar-refractivity contribution < 1.29 is 14.6 Å². The van der Waals surface area contributed by atoms with Crippen molar-refractivity contribution in [2.24, 2.45) is 11.8 Å². The van der Waals surface area contributed by atoms with Crippen molar-refractivity contribution in [2.45, 2.75) is 77.9 Å². The van der Waals surface area contributed by atoms with Gasteiger partial charge in [0.2, 0.25) is 0 Å². The Kier molecular flexibility index (Phi) is 6.80. The van der Waals surface area contributed by atoms with Gasteiger partial charge < -0.3 is 15.2 Å². The van der Waals surface area contributed by atoms with Crippen LogP contribution < -0.4 is 5.32 Å². The van der Waals surface area contributed by atoms with Crippen molar-refractivity contribution in [3.8, 4) is 0 Å². The van der Waals surface area contributed by atoms with Gasteiger partial charge in [0.1, 0.15) is 5.60 Å². The minimum absolute atomic E-state index is 0.170. The first-order valence-corrected chi connectivity index (χ1v) is 7.92. The van der Waals surface area contributed by atoms with E-state index in [2.05, 4.69) is 12.2 Å². The lowest BCUT2D eigenvalue weighted by atomic mass is 9.77. The molecule has 1 aliphatic carbocycles. The van der Waals surface area contributed by atoms with Crippen LogP contribution in [-0.2, 0) is 4.74 Å². The van der Waals surface area contributed by atoms with Gasteiger partial charge in [-0.1, -0.05) is 12.8 Å². The summed E-state index contributed by atoms with van der Waals surface area (Å²) in [5.41, 5.74) is -0.439. The first kappa shape index (κ1) is 17.3. The highest BCUT2D eigenvalue weighted by Crippen LogP contribution is 2.33. The maximum Gasteiger partial charge on any atom is 0.407 e. The predicted molar refractivity (Wildman–Crippen MR) is 80.6 cm³/mol. The molecule has 1 rings (SSSR count). The predicted octanol–water partition coefficient (Wildman–Crippen LogP) is 3.48. The number of hydrogen-bond donors (Lipinski definition) is 2. The van der Waals surface area contributed by atoms with E-state index in [1.807, 2.05) is 20.8 Å². The maximum absolute atomic E-state index is 11.8. The summed E-state index contributed by atoms with van der Waals surface area (Å²) in [5, 5.41) is 11.8. The Morgan fingerprint density at radius 2 is 1.90 bits per heavy atom. The zero-order chi connectivity index (χ0) is 15.2. The number of alkyl carbamates (subject to hydrolysis) is 1. The molecule has 0 aliphatic heterocycles. The molecule has 1 amide bonds. The molecule has 2 N–H and O–H groups in total. The van der Waals surface area contributed by atoms with Gasteiger partial charge in [0.05, 0.1) is 0 Å². The molecule has 0 aromatic rings. The van der Waals surface area contributed by atoms with Crippen LogP contribution in [-0.4, -0.2) is 29.4 Å². The van der Waals surface area contributed by atoms with Crippen LogP contribution in [0, 0.1) is 11.8 Å². The summed E-state index contributed by atoms with van der Waals surface area (Å²) in [6, 6.07) is 0.170.